The number of pyridine rings is 1. The second-order valence-corrected chi connectivity index (χ2v) is 11.5. The van der Waals surface area contributed by atoms with Crippen LogP contribution < -0.4 is 15.0 Å². The molecule has 0 aliphatic carbocycles. The van der Waals surface area contributed by atoms with Crippen LogP contribution in [0.2, 0.25) is 0 Å². The zero-order chi connectivity index (χ0) is 24.6. The number of aryl methyl sites for hydroxylation is 1. The Balaban J connectivity index is 1.16. The normalized spacial score (nSPS) is 20.9. The molecule has 1 aromatic heterocycles. The predicted molar refractivity (Wildman–Crippen MR) is 147 cm³/mol. The molecule has 6 rings (SSSR count). The molecule has 3 saturated heterocycles. The molecule has 2 aromatic rings. The molecule has 1 amide bonds. The lowest BCUT2D eigenvalue weighted by Gasteiger charge is -2.47. The van der Waals surface area contributed by atoms with E-state index >= 15 is 0 Å². The lowest BCUT2D eigenvalue weighted by atomic mass is 9.87. The average molecular weight is 506 g/mol. The number of nitrogens with one attached hydrogen (secondary N) is 1. The molecule has 0 radical (unpaired) electrons. The van der Waals surface area contributed by atoms with Crippen molar-refractivity contribution in [1.29, 1.82) is 0 Å². The molecule has 5 heterocycles. The average Bonchev–Trinajstić information content (AvgIpc) is 3.08. The van der Waals surface area contributed by atoms with Crippen LogP contribution >= 0.6 is 11.8 Å². The van der Waals surface area contributed by atoms with Gasteiger partial charge < -0.3 is 19.9 Å². The third kappa shape index (κ3) is 4.45. The van der Waals surface area contributed by atoms with Gasteiger partial charge in [0.15, 0.2) is 0 Å². The van der Waals surface area contributed by atoms with Gasteiger partial charge in [-0.1, -0.05) is 12.6 Å². The minimum Gasteiger partial charge on any atom is -0.486 e. The molecule has 7 nitrogen and oxygen atoms in total. The SMILES string of the molecule is C=CC(=O)N1CC(N2CCC(c3cc(C)c4c(c3)Nc3nccc(N5CCSCC5)c3CO4)CC2)C1. The smallest absolute Gasteiger partial charge is 0.246 e. The maximum atomic E-state index is 11.8. The molecule has 8 heteroatoms. The van der Waals surface area contributed by atoms with Crippen LogP contribution in [0.5, 0.6) is 5.75 Å². The molecule has 190 valence electrons. The fourth-order valence-electron chi connectivity index (χ4n) is 6.02. The first-order chi connectivity index (χ1) is 17.6. The molecule has 3 fully saturated rings. The molecule has 0 saturated carbocycles. The van der Waals surface area contributed by atoms with Gasteiger partial charge in [0.1, 0.15) is 18.2 Å². The standard InChI is InChI=1S/C28H35N5O2S/c1-3-26(34)33-16-22(17-33)31-8-5-20(6-9-31)21-14-19(2)27-24(15-21)30-28-23(18-35-27)25(4-7-29-28)32-10-12-36-13-11-32/h3-4,7,14-15,20,22H,1,5-6,8-13,16-18H2,2H3,(H,29,30). The number of rotatable bonds is 4. The molecule has 0 unspecified atom stereocenters. The maximum absolute atomic E-state index is 11.8. The molecule has 1 aromatic carbocycles. The first-order valence-electron chi connectivity index (χ1n) is 13.1. The molecule has 0 bridgehead atoms. The Morgan fingerprint density at radius 1 is 1.19 bits per heavy atom. The summed E-state index contributed by atoms with van der Waals surface area (Å²) in [6.07, 6.45) is 5.61. The van der Waals surface area contributed by atoms with Gasteiger partial charge in [0.2, 0.25) is 5.91 Å². The monoisotopic (exact) mass is 505 g/mol. The van der Waals surface area contributed by atoms with Crippen LogP contribution in [0.4, 0.5) is 17.2 Å². The number of nitrogens with zero attached hydrogens (tertiary/aromatic N) is 4. The topological polar surface area (TPSA) is 60.9 Å². The Kier molecular flexibility index (Phi) is 6.56. The number of thioether (sulfide) groups is 1. The van der Waals surface area contributed by atoms with E-state index < -0.39 is 0 Å². The van der Waals surface area contributed by atoms with Crippen molar-refractivity contribution in [3.8, 4) is 5.75 Å². The van der Waals surface area contributed by atoms with E-state index in [0.717, 1.165) is 74.9 Å². The molecule has 4 aliphatic heterocycles. The number of ether oxygens (including phenoxy) is 1. The largest absolute Gasteiger partial charge is 0.486 e. The molecule has 0 atom stereocenters. The van der Waals surface area contributed by atoms with Gasteiger partial charge in [0.05, 0.1) is 11.3 Å². The van der Waals surface area contributed by atoms with E-state index in [1.165, 1.54) is 34.4 Å². The van der Waals surface area contributed by atoms with E-state index in [4.69, 9.17) is 9.72 Å². The Bertz CT molecular complexity index is 1150. The van der Waals surface area contributed by atoms with Crippen LogP contribution in [-0.2, 0) is 11.4 Å². The number of likely N-dealkylation sites (tertiary alicyclic amines) is 2. The van der Waals surface area contributed by atoms with Gasteiger partial charge in [-0.25, -0.2) is 4.98 Å². The number of anilines is 3. The summed E-state index contributed by atoms with van der Waals surface area (Å²) in [6, 6.07) is 7.24. The highest BCUT2D eigenvalue weighted by molar-refractivity contribution is 7.99. The molecule has 36 heavy (non-hydrogen) atoms. The molecular formula is C28H35N5O2S. The third-order valence-electron chi connectivity index (χ3n) is 8.16. The first kappa shape index (κ1) is 23.7. The van der Waals surface area contributed by atoms with Gasteiger partial charge in [-0.3, -0.25) is 9.69 Å². The molecule has 4 aliphatic rings. The quantitative estimate of drug-likeness (QED) is 0.627. The van der Waals surface area contributed by atoms with Gasteiger partial charge in [-0.15, -0.1) is 0 Å². The van der Waals surface area contributed by atoms with Crippen molar-refractivity contribution in [2.75, 3.05) is 61.0 Å². The minimum absolute atomic E-state index is 0.0504. The summed E-state index contributed by atoms with van der Waals surface area (Å²) in [5.41, 5.74) is 5.99. The number of fused-ring (bicyclic) bond motifs is 2. The van der Waals surface area contributed by atoms with E-state index in [1.54, 1.807) is 0 Å². The lowest BCUT2D eigenvalue weighted by Crippen LogP contribution is -2.61. The molecular weight excluding hydrogens is 470 g/mol. The second kappa shape index (κ2) is 9.98. The van der Waals surface area contributed by atoms with Crippen molar-refractivity contribution < 1.29 is 9.53 Å². The number of piperidine rings is 1. The first-order valence-corrected chi connectivity index (χ1v) is 14.3. The van der Waals surface area contributed by atoms with Crippen LogP contribution in [0.1, 0.15) is 35.4 Å². The van der Waals surface area contributed by atoms with E-state index in [9.17, 15) is 4.79 Å². The van der Waals surface area contributed by atoms with Crippen molar-refractivity contribution in [2.24, 2.45) is 0 Å². The summed E-state index contributed by atoms with van der Waals surface area (Å²) < 4.78 is 6.41. The number of aromatic nitrogens is 1. The summed E-state index contributed by atoms with van der Waals surface area (Å²) >= 11 is 2.02. The number of amides is 1. The molecule has 0 spiro atoms. The predicted octanol–water partition coefficient (Wildman–Crippen LogP) is 4.16. The number of hydrogen-bond acceptors (Lipinski definition) is 7. The van der Waals surface area contributed by atoms with Crippen LogP contribution in [0.3, 0.4) is 0 Å². The van der Waals surface area contributed by atoms with Crippen molar-refractivity contribution in [1.82, 2.24) is 14.8 Å². The Labute approximate surface area is 217 Å². The van der Waals surface area contributed by atoms with E-state index in [1.807, 2.05) is 22.9 Å². The van der Waals surface area contributed by atoms with E-state index in [2.05, 4.69) is 46.8 Å². The zero-order valence-electron chi connectivity index (χ0n) is 21.0. The summed E-state index contributed by atoms with van der Waals surface area (Å²) in [5.74, 6) is 4.77. The number of carbonyl (C=O) groups excluding carboxylic acids is 1. The van der Waals surface area contributed by atoms with Gasteiger partial charge >= 0.3 is 0 Å². The maximum Gasteiger partial charge on any atom is 0.246 e. The highest BCUT2D eigenvalue weighted by atomic mass is 32.2. The molecule has 1 N–H and O–H groups in total. The van der Waals surface area contributed by atoms with Gasteiger partial charge in [-0.05, 0) is 68.1 Å². The van der Waals surface area contributed by atoms with Gasteiger partial charge in [0, 0.05) is 55.6 Å². The van der Waals surface area contributed by atoms with Crippen molar-refractivity contribution in [2.45, 2.75) is 38.3 Å². The Morgan fingerprint density at radius 3 is 2.72 bits per heavy atom. The van der Waals surface area contributed by atoms with Gasteiger partial charge in [0.25, 0.3) is 0 Å². The fraction of sp³-hybridized carbons (Fsp3) is 0.500. The highest BCUT2D eigenvalue weighted by Gasteiger charge is 2.36. The zero-order valence-corrected chi connectivity index (χ0v) is 21.9. The summed E-state index contributed by atoms with van der Waals surface area (Å²) in [4.78, 5) is 23.4. The summed E-state index contributed by atoms with van der Waals surface area (Å²) in [5, 5.41) is 3.65. The number of benzene rings is 1. The Hall–Kier alpha value is -2.71. The highest BCUT2D eigenvalue weighted by Crippen LogP contribution is 2.42. The minimum atomic E-state index is 0.0504. The summed E-state index contributed by atoms with van der Waals surface area (Å²) in [6.45, 7) is 12.3. The van der Waals surface area contributed by atoms with Crippen molar-refractivity contribution >= 4 is 34.9 Å². The second-order valence-electron chi connectivity index (χ2n) is 10.3. The van der Waals surface area contributed by atoms with Crippen LogP contribution in [0.15, 0.2) is 37.1 Å². The third-order valence-corrected chi connectivity index (χ3v) is 9.10. The van der Waals surface area contributed by atoms with Crippen molar-refractivity contribution in [3.05, 3.63) is 53.7 Å². The van der Waals surface area contributed by atoms with Crippen molar-refractivity contribution in [3.63, 3.8) is 0 Å². The summed E-state index contributed by atoms with van der Waals surface area (Å²) in [7, 11) is 0. The van der Waals surface area contributed by atoms with E-state index in [0.29, 0.717) is 18.6 Å². The number of hydrogen-bond donors (Lipinski definition) is 1. The van der Waals surface area contributed by atoms with Crippen LogP contribution in [0, 0.1) is 6.92 Å². The lowest BCUT2D eigenvalue weighted by molar-refractivity contribution is -0.133. The Morgan fingerprint density at radius 2 is 1.97 bits per heavy atom. The van der Waals surface area contributed by atoms with E-state index in [-0.39, 0.29) is 5.91 Å². The number of carbonyl (C=O) groups is 1. The fourth-order valence-corrected chi connectivity index (χ4v) is 6.92. The van der Waals surface area contributed by atoms with Crippen LogP contribution in [0.25, 0.3) is 0 Å². The van der Waals surface area contributed by atoms with Crippen LogP contribution in [-0.4, -0.2) is 77.5 Å². The van der Waals surface area contributed by atoms with Gasteiger partial charge in [-0.2, -0.15) is 11.8 Å².